The molecule has 0 atom stereocenters. The number of nitro groups is 1. The molecular formula is C15H15ClN2O5S. The van der Waals surface area contributed by atoms with Gasteiger partial charge in [0.2, 0.25) is 10.0 Å². The molecule has 0 aliphatic carbocycles. The molecule has 0 spiro atoms. The lowest BCUT2D eigenvalue weighted by atomic mass is 10.3. The molecule has 0 saturated heterocycles. The lowest BCUT2D eigenvalue weighted by Gasteiger charge is -2.17. The van der Waals surface area contributed by atoms with E-state index in [4.69, 9.17) is 16.3 Å². The molecule has 0 unspecified atom stereocenters. The summed E-state index contributed by atoms with van der Waals surface area (Å²) >= 11 is 5.77. The highest BCUT2D eigenvalue weighted by Gasteiger charge is 2.21. The molecule has 0 N–H and O–H groups in total. The second kappa shape index (κ2) is 7.61. The van der Waals surface area contributed by atoms with Crippen LogP contribution in [0.4, 0.5) is 5.69 Å². The Morgan fingerprint density at radius 3 is 2.25 bits per heavy atom. The van der Waals surface area contributed by atoms with Crippen molar-refractivity contribution >= 4 is 27.3 Å². The molecule has 2 aromatic carbocycles. The Bertz CT molecular complexity index is 807. The molecule has 0 radical (unpaired) electrons. The van der Waals surface area contributed by atoms with Crippen molar-refractivity contribution in [2.75, 3.05) is 20.2 Å². The van der Waals surface area contributed by atoms with Crippen molar-refractivity contribution in [3.05, 3.63) is 63.7 Å². The summed E-state index contributed by atoms with van der Waals surface area (Å²) in [6.45, 7) is 0.284. The zero-order valence-corrected chi connectivity index (χ0v) is 14.3. The lowest BCUT2D eigenvalue weighted by molar-refractivity contribution is -0.384. The molecule has 0 heterocycles. The molecule has 0 aromatic heterocycles. The minimum Gasteiger partial charge on any atom is -0.492 e. The number of sulfonamides is 1. The summed E-state index contributed by atoms with van der Waals surface area (Å²) < 4.78 is 31.4. The van der Waals surface area contributed by atoms with Gasteiger partial charge in [-0.1, -0.05) is 11.6 Å². The van der Waals surface area contributed by atoms with E-state index in [1.54, 1.807) is 24.3 Å². The fourth-order valence-corrected chi connectivity index (χ4v) is 3.14. The predicted octanol–water partition coefficient (Wildman–Crippen LogP) is 2.95. The number of nitrogens with zero attached hydrogens (tertiary/aromatic N) is 2. The van der Waals surface area contributed by atoms with Gasteiger partial charge in [0.1, 0.15) is 12.4 Å². The zero-order valence-electron chi connectivity index (χ0n) is 12.8. The molecule has 128 valence electrons. The molecule has 0 amide bonds. The number of ether oxygens (including phenoxy) is 1. The summed E-state index contributed by atoms with van der Waals surface area (Å²) in [6, 6.07) is 11.5. The lowest BCUT2D eigenvalue weighted by Crippen LogP contribution is -2.31. The van der Waals surface area contributed by atoms with E-state index in [0.717, 1.165) is 16.4 Å². The number of hydrogen-bond acceptors (Lipinski definition) is 5. The number of hydrogen-bond donors (Lipinski definition) is 0. The van der Waals surface area contributed by atoms with E-state index in [1.807, 2.05) is 0 Å². The number of benzene rings is 2. The third kappa shape index (κ3) is 4.44. The molecule has 0 aliphatic rings. The van der Waals surface area contributed by atoms with Crippen LogP contribution in [0.2, 0.25) is 5.02 Å². The van der Waals surface area contributed by atoms with Crippen molar-refractivity contribution < 1.29 is 18.1 Å². The predicted molar refractivity (Wildman–Crippen MR) is 89.9 cm³/mol. The normalized spacial score (nSPS) is 11.5. The van der Waals surface area contributed by atoms with Crippen molar-refractivity contribution in [3.63, 3.8) is 0 Å². The topological polar surface area (TPSA) is 89.8 Å². The second-order valence-electron chi connectivity index (χ2n) is 4.88. The smallest absolute Gasteiger partial charge is 0.269 e. The largest absolute Gasteiger partial charge is 0.492 e. The fourth-order valence-electron chi connectivity index (χ4n) is 1.86. The highest BCUT2D eigenvalue weighted by atomic mass is 35.5. The summed E-state index contributed by atoms with van der Waals surface area (Å²) in [5.74, 6) is 0.584. The maximum Gasteiger partial charge on any atom is 0.269 e. The minimum atomic E-state index is -3.73. The van der Waals surface area contributed by atoms with Gasteiger partial charge in [-0.3, -0.25) is 10.1 Å². The van der Waals surface area contributed by atoms with E-state index in [9.17, 15) is 18.5 Å². The van der Waals surface area contributed by atoms with Gasteiger partial charge >= 0.3 is 0 Å². The van der Waals surface area contributed by atoms with Crippen LogP contribution in [0.3, 0.4) is 0 Å². The van der Waals surface area contributed by atoms with E-state index in [1.165, 1.54) is 19.2 Å². The second-order valence-corrected chi connectivity index (χ2v) is 7.36. The Labute approximate surface area is 144 Å². The van der Waals surface area contributed by atoms with Gasteiger partial charge in [0.25, 0.3) is 5.69 Å². The minimum absolute atomic E-state index is 0.0120. The first-order valence-corrected chi connectivity index (χ1v) is 8.71. The first kappa shape index (κ1) is 18.2. The van der Waals surface area contributed by atoms with Crippen LogP contribution in [0, 0.1) is 10.1 Å². The summed E-state index contributed by atoms with van der Waals surface area (Å²) in [6.07, 6.45) is 0. The number of likely N-dealkylation sites (N-methyl/N-ethyl adjacent to an activating group) is 1. The molecule has 0 bridgehead atoms. The fraction of sp³-hybridized carbons (Fsp3) is 0.200. The summed E-state index contributed by atoms with van der Waals surface area (Å²) in [5.41, 5.74) is -0.164. The first-order chi connectivity index (χ1) is 11.3. The van der Waals surface area contributed by atoms with Gasteiger partial charge in [0.05, 0.1) is 9.82 Å². The van der Waals surface area contributed by atoms with Gasteiger partial charge in [0.15, 0.2) is 0 Å². The summed E-state index contributed by atoms with van der Waals surface area (Å²) in [7, 11) is -2.31. The van der Waals surface area contributed by atoms with Crippen LogP contribution >= 0.6 is 11.6 Å². The number of non-ortho nitro benzene ring substituents is 1. The Morgan fingerprint density at radius 1 is 1.12 bits per heavy atom. The SMILES string of the molecule is CN(CCOc1ccc(Cl)cc1)S(=O)(=O)c1ccc([N+](=O)[O-])cc1. The van der Waals surface area contributed by atoms with E-state index < -0.39 is 14.9 Å². The van der Waals surface area contributed by atoms with Gasteiger partial charge in [-0.25, -0.2) is 8.42 Å². The van der Waals surface area contributed by atoms with Crippen molar-refractivity contribution in [2.24, 2.45) is 0 Å². The molecule has 0 fully saturated rings. The van der Waals surface area contributed by atoms with Crippen LogP contribution in [0.5, 0.6) is 5.75 Å². The van der Waals surface area contributed by atoms with Crippen molar-refractivity contribution in [1.82, 2.24) is 4.31 Å². The Kier molecular flexibility index (Phi) is 5.76. The van der Waals surface area contributed by atoms with Gasteiger partial charge in [0, 0.05) is 30.7 Å². The molecule has 2 aromatic rings. The molecule has 0 saturated carbocycles. The highest BCUT2D eigenvalue weighted by Crippen LogP contribution is 2.19. The third-order valence-electron chi connectivity index (χ3n) is 3.24. The average molecular weight is 371 g/mol. The van der Waals surface area contributed by atoms with E-state index in [-0.39, 0.29) is 23.7 Å². The van der Waals surface area contributed by atoms with Gasteiger partial charge in [-0.15, -0.1) is 0 Å². The zero-order chi connectivity index (χ0) is 17.7. The van der Waals surface area contributed by atoms with Gasteiger partial charge in [-0.05, 0) is 36.4 Å². The van der Waals surface area contributed by atoms with Gasteiger partial charge in [-0.2, -0.15) is 4.31 Å². The average Bonchev–Trinajstić information content (AvgIpc) is 2.56. The number of rotatable bonds is 7. The molecule has 24 heavy (non-hydrogen) atoms. The highest BCUT2D eigenvalue weighted by molar-refractivity contribution is 7.89. The molecule has 2 rings (SSSR count). The van der Waals surface area contributed by atoms with E-state index >= 15 is 0 Å². The third-order valence-corrected chi connectivity index (χ3v) is 5.37. The number of halogens is 1. The summed E-state index contributed by atoms with van der Waals surface area (Å²) in [4.78, 5) is 10.0. The molecule has 9 heteroatoms. The first-order valence-electron chi connectivity index (χ1n) is 6.90. The van der Waals surface area contributed by atoms with Crippen LogP contribution in [0.25, 0.3) is 0 Å². The van der Waals surface area contributed by atoms with E-state index in [2.05, 4.69) is 0 Å². The van der Waals surface area contributed by atoms with Crippen LogP contribution < -0.4 is 4.74 Å². The van der Waals surface area contributed by atoms with Crippen LogP contribution in [0.1, 0.15) is 0 Å². The number of nitro benzene ring substituents is 1. The van der Waals surface area contributed by atoms with Crippen LogP contribution in [-0.2, 0) is 10.0 Å². The molecule has 0 aliphatic heterocycles. The molecule has 7 nitrogen and oxygen atoms in total. The van der Waals surface area contributed by atoms with Crippen molar-refractivity contribution in [1.29, 1.82) is 0 Å². The maximum atomic E-state index is 12.4. The van der Waals surface area contributed by atoms with Gasteiger partial charge < -0.3 is 4.74 Å². The van der Waals surface area contributed by atoms with Crippen molar-refractivity contribution in [3.8, 4) is 5.75 Å². The quantitative estimate of drug-likeness (QED) is 0.552. The molecular weight excluding hydrogens is 356 g/mol. The Balaban J connectivity index is 1.98. The van der Waals surface area contributed by atoms with Crippen LogP contribution in [-0.4, -0.2) is 37.8 Å². The maximum absolute atomic E-state index is 12.4. The van der Waals surface area contributed by atoms with E-state index in [0.29, 0.717) is 10.8 Å². The summed E-state index contributed by atoms with van der Waals surface area (Å²) in [5, 5.41) is 11.2. The standard InChI is InChI=1S/C15H15ClN2O5S/c1-17(10-11-23-14-6-2-12(16)3-7-14)24(21,22)15-8-4-13(5-9-15)18(19)20/h2-9H,10-11H2,1H3. The Hall–Kier alpha value is -2.16. The van der Waals surface area contributed by atoms with Crippen LogP contribution in [0.15, 0.2) is 53.4 Å². The Morgan fingerprint density at radius 2 is 1.71 bits per heavy atom. The monoisotopic (exact) mass is 370 g/mol. The van der Waals surface area contributed by atoms with Crippen molar-refractivity contribution in [2.45, 2.75) is 4.90 Å².